The quantitative estimate of drug-likeness (QED) is 0.0994. The Bertz CT molecular complexity index is 1970. The smallest absolute Gasteiger partial charge is 0.338 e. The van der Waals surface area contributed by atoms with Crippen molar-refractivity contribution in [2.45, 2.75) is 246 Å². The predicted octanol–water partition coefficient (Wildman–Crippen LogP) is 15.6. The summed E-state index contributed by atoms with van der Waals surface area (Å²) in [7, 11) is 9.13. The fraction of sp³-hybridized carbons (Fsp3) is 0.732. The zero-order chi connectivity index (χ0) is 63.4. The van der Waals surface area contributed by atoms with Crippen LogP contribution in [0.2, 0.25) is 0 Å². The van der Waals surface area contributed by atoms with Crippen molar-refractivity contribution in [3.8, 4) is 0 Å². The molecule has 3 aromatic rings. The molecule has 85 heavy (non-hydrogen) atoms. The van der Waals surface area contributed by atoms with Crippen LogP contribution in [0.15, 0.2) is 72.8 Å². The van der Waals surface area contributed by atoms with Gasteiger partial charge in [-0.2, -0.15) is 0 Å². The number of rotatable bonds is 12. The van der Waals surface area contributed by atoms with Gasteiger partial charge in [0.05, 0.1) is 73.2 Å². The predicted molar refractivity (Wildman–Crippen MR) is 344 cm³/mol. The third-order valence-corrected chi connectivity index (χ3v) is 16.4. The average Bonchev–Trinajstić information content (AvgIpc) is 4.43. The molecule has 1 saturated heterocycles. The van der Waals surface area contributed by atoms with Crippen molar-refractivity contribution < 1.29 is 67.2 Å². The lowest BCUT2D eigenvalue weighted by Gasteiger charge is -2.26. The van der Waals surface area contributed by atoms with E-state index in [2.05, 4.69) is 46.3 Å². The minimum atomic E-state index is -0.639. The maximum absolute atomic E-state index is 11.7. The fourth-order valence-electron chi connectivity index (χ4n) is 10.9. The summed E-state index contributed by atoms with van der Waals surface area (Å²) in [6.07, 6.45) is 29.1. The lowest BCUT2D eigenvalue weighted by atomic mass is 9.88. The second kappa shape index (κ2) is 49.0. The molecule has 6 fully saturated rings. The van der Waals surface area contributed by atoms with Gasteiger partial charge in [-0.15, -0.1) is 0 Å². The second-order valence-electron chi connectivity index (χ2n) is 24.1. The molecule has 13 atom stereocenters. The van der Waals surface area contributed by atoms with E-state index in [4.69, 9.17) is 48.1 Å². The summed E-state index contributed by atoms with van der Waals surface area (Å²) in [5, 5.41) is 20.0. The summed E-state index contributed by atoms with van der Waals surface area (Å²) in [4.78, 5) is 32.7. The van der Waals surface area contributed by atoms with Crippen LogP contribution in [-0.4, -0.2) is 139 Å². The Kier molecular flexibility index (Phi) is 45.5. The maximum atomic E-state index is 11.7. The Hall–Kier alpha value is -3.99. The minimum Gasteiger partial charge on any atom is -0.466 e. The molecule has 0 aromatic heterocycles. The highest BCUT2D eigenvalue weighted by atomic mass is 16.6. The topological polar surface area (TPSA) is 178 Å². The van der Waals surface area contributed by atoms with Gasteiger partial charge in [-0.1, -0.05) is 147 Å². The first-order valence-electron chi connectivity index (χ1n) is 32.4. The third kappa shape index (κ3) is 38.1. The SMILES string of the molecule is CC(O)COC(=O)c1ccc2ccccc2c1.CC(O)COC(=O)c1ccccc1.CC1CO1.CCOC(C)=O.COC1CCCCC1C.COC1CCCCC1C.COC1CCCCC1C.COC1CCCCC1C.COC1CCCCC1C. The molecule has 1 aliphatic heterocycles. The molecule has 488 valence electrons. The van der Waals surface area contributed by atoms with Gasteiger partial charge >= 0.3 is 17.9 Å². The van der Waals surface area contributed by atoms with Crippen molar-refractivity contribution in [2.24, 2.45) is 29.6 Å². The molecular formula is C71H120O14. The molecule has 0 amide bonds. The Morgan fingerprint density at radius 1 is 0.447 bits per heavy atom. The highest BCUT2D eigenvalue weighted by molar-refractivity contribution is 5.95. The van der Waals surface area contributed by atoms with Crippen LogP contribution < -0.4 is 0 Å². The monoisotopic (exact) mass is 1200 g/mol. The molecule has 0 radical (unpaired) electrons. The van der Waals surface area contributed by atoms with Crippen molar-refractivity contribution in [2.75, 3.05) is 62.0 Å². The molecule has 14 heteroatoms. The molecule has 13 unspecified atom stereocenters. The number of carbonyl (C=O) groups is 3. The highest BCUT2D eigenvalue weighted by Crippen LogP contribution is 2.29. The lowest BCUT2D eigenvalue weighted by molar-refractivity contribution is -0.140. The highest BCUT2D eigenvalue weighted by Gasteiger charge is 2.23. The summed E-state index contributed by atoms with van der Waals surface area (Å²) in [6.45, 7) is 21.3. The number of aliphatic hydroxyl groups is 2. The van der Waals surface area contributed by atoms with Gasteiger partial charge in [0.15, 0.2) is 0 Å². The number of epoxide rings is 1. The average molecular weight is 1200 g/mol. The van der Waals surface area contributed by atoms with Crippen molar-refractivity contribution in [3.05, 3.63) is 83.9 Å². The minimum absolute atomic E-state index is 0.0195. The molecule has 0 bridgehead atoms. The fourth-order valence-corrected chi connectivity index (χ4v) is 10.9. The van der Waals surface area contributed by atoms with Crippen LogP contribution in [-0.2, 0) is 47.4 Å². The van der Waals surface area contributed by atoms with E-state index in [1.807, 2.05) is 71.9 Å². The van der Waals surface area contributed by atoms with E-state index in [9.17, 15) is 14.4 Å². The summed E-state index contributed by atoms with van der Waals surface area (Å²) < 4.78 is 45.4. The van der Waals surface area contributed by atoms with Gasteiger partial charge in [0.2, 0.25) is 0 Å². The van der Waals surface area contributed by atoms with Crippen molar-refractivity contribution in [1.82, 2.24) is 0 Å². The first-order chi connectivity index (χ1) is 40.7. The Morgan fingerprint density at radius 2 is 0.741 bits per heavy atom. The van der Waals surface area contributed by atoms with Gasteiger partial charge in [0.25, 0.3) is 0 Å². The van der Waals surface area contributed by atoms with Gasteiger partial charge < -0.3 is 52.8 Å². The van der Waals surface area contributed by atoms with Gasteiger partial charge in [-0.25, -0.2) is 9.59 Å². The molecule has 6 aliphatic rings. The Balaban J connectivity index is 0.000000489. The van der Waals surface area contributed by atoms with Crippen molar-refractivity contribution in [3.63, 3.8) is 0 Å². The van der Waals surface area contributed by atoms with Gasteiger partial charge in [0, 0.05) is 42.5 Å². The van der Waals surface area contributed by atoms with E-state index >= 15 is 0 Å². The van der Waals surface area contributed by atoms with Crippen molar-refractivity contribution in [1.29, 1.82) is 0 Å². The molecule has 1 heterocycles. The lowest BCUT2D eigenvalue weighted by Crippen LogP contribution is -2.23. The molecule has 0 spiro atoms. The Morgan fingerprint density at radius 3 is 0.988 bits per heavy atom. The first-order valence-corrected chi connectivity index (χ1v) is 32.4. The summed E-state index contributed by atoms with van der Waals surface area (Å²) in [6, 6.07) is 21.9. The van der Waals surface area contributed by atoms with Crippen LogP contribution in [0, 0.1) is 29.6 Å². The number of methoxy groups -OCH3 is 5. The van der Waals surface area contributed by atoms with Crippen LogP contribution in [0.5, 0.6) is 0 Å². The van der Waals surface area contributed by atoms with Crippen molar-refractivity contribution >= 4 is 28.7 Å². The van der Waals surface area contributed by atoms with Crippen LogP contribution in [0.25, 0.3) is 10.8 Å². The molecule has 3 aromatic carbocycles. The van der Waals surface area contributed by atoms with Crippen LogP contribution in [0.4, 0.5) is 0 Å². The third-order valence-electron chi connectivity index (χ3n) is 16.4. The summed E-state index contributed by atoms with van der Waals surface area (Å²) >= 11 is 0. The first kappa shape index (κ1) is 79.0. The van der Waals surface area contributed by atoms with Gasteiger partial charge in [-0.3, -0.25) is 4.79 Å². The summed E-state index contributed by atoms with van der Waals surface area (Å²) in [5.41, 5.74) is 1.01. The molecule has 5 saturated carbocycles. The molecule has 2 N–H and O–H groups in total. The maximum Gasteiger partial charge on any atom is 0.338 e. The van der Waals surface area contributed by atoms with E-state index in [1.165, 1.54) is 135 Å². The van der Waals surface area contributed by atoms with E-state index in [0.29, 0.717) is 54.4 Å². The molecule has 5 aliphatic carbocycles. The number of benzene rings is 3. The number of esters is 3. The standard InChI is InChI=1S/C14H14O3.C10H12O3.5C8H16O.C4H8O2.C3H6O/c1-10(15)9-17-14(16)13-7-6-11-4-2-3-5-12(11)8-13;1-8(11)7-13-10(12)9-5-3-2-4-6-9;5*1-7-5-3-4-6-8(7)9-2;1-3-6-4(2)5;1-3-2-4-3/h2-8,10,15H,9H2,1H3;2-6,8,11H,7H2,1H3;5*7-8H,3-6H2,1-2H3;3H2,1-2H3;3H,2H2,1H3. The van der Waals surface area contributed by atoms with E-state index in [-0.39, 0.29) is 19.2 Å². The number of aliphatic hydroxyl groups excluding tert-OH is 2. The van der Waals surface area contributed by atoms with Gasteiger partial charge in [0.1, 0.15) is 13.2 Å². The Labute approximate surface area is 515 Å². The van der Waals surface area contributed by atoms with Gasteiger partial charge in [-0.05, 0) is 157 Å². The van der Waals surface area contributed by atoms with E-state index < -0.39 is 24.1 Å². The largest absolute Gasteiger partial charge is 0.466 e. The number of fused-ring (bicyclic) bond motifs is 1. The number of hydrogen-bond acceptors (Lipinski definition) is 14. The molecule has 14 nitrogen and oxygen atoms in total. The summed E-state index contributed by atoms with van der Waals surface area (Å²) in [5.74, 6) is 2.96. The van der Waals surface area contributed by atoms with Crippen LogP contribution in [0.3, 0.4) is 0 Å². The second-order valence-corrected chi connectivity index (χ2v) is 24.1. The zero-order valence-electron chi connectivity index (χ0n) is 55.7. The number of hydrogen-bond donors (Lipinski definition) is 2. The van der Waals surface area contributed by atoms with Crippen LogP contribution >= 0.6 is 0 Å². The molecular weight excluding hydrogens is 1080 g/mol. The zero-order valence-corrected chi connectivity index (χ0v) is 55.7. The van der Waals surface area contributed by atoms with Crippen LogP contribution in [0.1, 0.15) is 218 Å². The number of carbonyl (C=O) groups excluding carboxylic acids is 3. The number of ether oxygens (including phenoxy) is 9. The van der Waals surface area contributed by atoms with E-state index in [1.54, 1.807) is 57.2 Å². The molecule has 9 rings (SSSR count). The van der Waals surface area contributed by atoms with E-state index in [0.717, 1.165) is 47.0 Å². The normalized spacial score (nSPS) is 26.2.